The van der Waals surface area contributed by atoms with E-state index in [0.29, 0.717) is 6.92 Å². The summed E-state index contributed by atoms with van der Waals surface area (Å²) in [4.78, 5) is 35.9. The first-order valence-corrected chi connectivity index (χ1v) is 6.28. The average molecular weight is 308 g/mol. The number of urea groups is 1. The number of nitrogens with two attached hydrogens (primary N) is 1. The van der Waals surface area contributed by atoms with Gasteiger partial charge >= 0.3 is 12.2 Å². The summed E-state index contributed by atoms with van der Waals surface area (Å²) in [7, 11) is 0. The quantitative estimate of drug-likeness (QED) is 0.566. The van der Waals surface area contributed by atoms with E-state index in [0.717, 1.165) is 4.90 Å². The van der Waals surface area contributed by atoms with Crippen molar-refractivity contribution in [2.75, 3.05) is 13.1 Å². The minimum absolute atomic E-state index is 0.0482. The molecule has 0 saturated carbocycles. The van der Waals surface area contributed by atoms with Crippen molar-refractivity contribution in [3.63, 3.8) is 0 Å². The topological polar surface area (TPSA) is 105 Å². The van der Waals surface area contributed by atoms with Crippen molar-refractivity contribution in [1.82, 2.24) is 15.5 Å². The van der Waals surface area contributed by atoms with Crippen molar-refractivity contribution in [3.05, 3.63) is 0 Å². The normalized spacial score (nSPS) is 29.1. The van der Waals surface area contributed by atoms with Gasteiger partial charge in [0.05, 0.1) is 6.54 Å². The van der Waals surface area contributed by atoms with Crippen LogP contribution >= 0.6 is 0 Å². The highest BCUT2D eigenvalue weighted by atomic mass is 19.4. The molecule has 0 bridgehead atoms. The summed E-state index contributed by atoms with van der Waals surface area (Å²) in [6, 6.07) is -0.722. The second-order valence-corrected chi connectivity index (χ2v) is 5.52. The van der Waals surface area contributed by atoms with Crippen LogP contribution in [-0.4, -0.2) is 53.1 Å². The highest BCUT2D eigenvalue weighted by molar-refractivity contribution is 6.07. The van der Waals surface area contributed by atoms with Crippen LogP contribution in [0, 0.1) is 0 Å². The zero-order valence-corrected chi connectivity index (χ0v) is 11.2. The number of hydrogen-bond acceptors (Lipinski definition) is 4. The molecule has 0 aliphatic carbocycles. The fourth-order valence-electron chi connectivity index (χ4n) is 2.49. The van der Waals surface area contributed by atoms with Gasteiger partial charge in [0, 0.05) is 6.54 Å². The predicted octanol–water partition coefficient (Wildman–Crippen LogP) is -0.533. The van der Waals surface area contributed by atoms with Crippen LogP contribution in [0.3, 0.4) is 0 Å². The Hall–Kier alpha value is -1.84. The Kier molecular flexibility index (Phi) is 3.39. The van der Waals surface area contributed by atoms with Gasteiger partial charge < -0.3 is 16.0 Å². The lowest BCUT2D eigenvalue weighted by Crippen LogP contribution is -2.67. The molecule has 2 aliphatic heterocycles. The largest absolute Gasteiger partial charge is 0.415 e. The van der Waals surface area contributed by atoms with Gasteiger partial charge in [-0.1, -0.05) is 0 Å². The summed E-state index contributed by atoms with van der Waals surface area (Å²) in [5.41, 5.74) is 0.708. The number of likely N-dealkylation sites (tertiary alicyclic amines) is 1. The molecule has 118 valence electrons. The Labute approximate surface area is 118 Å². The van der Waals surface area contributed by atoms with Crippen LogP contribution in [0.2, 0.25) is 0 Å². The molecule has 2 aliphatic rings. The molecule has 2 fully saturated rings. The summed E-state index contributed by atoms with van der Waals surface area (Å²) < 4.78 is 38.5. The van der Waals surface area contributed by atoms with E-state index >= 15 is 0 Å². The number of hydrogen-bond donors (Lipinski definition) is 3. The maximum Gasteiger partial charge on any atom is 0.415 e. The second kappa shape index (κ2) is 4.58. The predicted molar refractivity (Wildman–Crippen MR) is 63.9 cm³/mol. The number of rotatable bonds is 1. The first-order chi connectivity index (χ1) is 9.49. The van der Waals surface area contributed by atoms with E-state index in [4.69, 9.17) is 5.73 Å². The van der Waals surface area contributed by atoms with Gasteiger partial charge in [-0.15, -0.1) is 0 Å². The smallest absolute Gasteiger partial charge is 0.338 e. The molecular weight excluding hydrogens is 293 g/mol. The monoisotopic (exact) mass is 308 g/mol. The van der Waals surface area contributed by atoms with E-state index in [1.165, 1.54) is 0 Å². The fraction of sp³-hybridized carbons (Fsp3) is 0.727. The Morgan fingerprint density at radius 3 is 2.48 bits per heavy atom. The Morgan fingerprint density at radius 1 is 1.38 bits per heavy atom. The van der Waals surface area contributed by atoms with E-state index in [9.17, 15) is 27.6 Å². The van der Waals surface area contributed by atoms with Crippen molar-refractivity contribution < 1.29 is 27.6 Å². The van der Waals surface area contributed by atoms with E-state index in [1.54, 1.807) is 0 Å². The third kappa shape index (κ3) is 2.43. The number of halogens is 3. The van der Waals surface area contributed by atoms with Gasteiger partial charge in [-0.25, -0.2) is 4.79 Å². The highest BCUT2D eigenvalue weighted by Crippen LogP contribution is 2.32. The zero-order chi connectivity index (χ0) is 16.1. The standard InChI is InChI=1S/C11H15F3N4O3/c1-9(15,11(12,13)14)7(20)18-4-2-3-10(5-18)6(19)16-8(21)17-10/h2-5,15H2,1H3,(H2,16,17,19,21). The molecule has 0 aromatic rings. The number of carbonyl (C=O) groups excluding carboxylic acids is 3. The minimum atomic E-state index is -4.91. The molecule has 0 radical (unpaired) electrons. The zero-order valence-electron chi connectivity index (χ0n) is 11.2. The van der Waals surface area contributed by atoms with Crippen LogP contribution in [0.4, 0.5) is 18.0 Å². The molecule has 7 nitrogen and oxygen atoms in total. The number of amides is 4. The fourth-order valence-corrected chi connectivity index (χ4v) is 2.49. The molecule has 2 saturated heterocycles. The number of nitrogens with one attached hydrogen (secondary N) is 2. The first kappa shape index (κ1) is 15.5. The van der Waals surface area contributed by atoms with Gasteiger partial charge in [-0.2, -0.15) is 13.2 Å². The van der Waals surface area contributed by atoms with Crippen LogP contribution in [0.25, 0.3) is 0 Å². The second-order valence-electron chi connectivity index (χ2n) is 5.52. The lowest BCUT2D eigenvalue weighted by atomic mass is 9.87. The summed E-state index contributed by atoms with van der Waals surface area (Å²) in [5, 5.41) is 4.40. The lowest BCUT2D eigenvalue weighted by Gasteiger charge is -2.41. The maximum atomic E-state index is 12.8. The van der Waals surface area contributed by atoms with Gasteiger partial charge in [-0.05, 0) is 19.8 Å². The molecule has 2 rings (SSSR count). The molecule has 1 spiro atoms. The van der Waals surface area contributed by atoms with Gasteiger partial charge in [-0.3, -0.25) is 14.9 Å². The molecule has 21 heavy (non-hydrogen) atoms. The maximum absolute atomic E-state index is 12.8. The van der Waals surface area contributed by atoms with Crippen LogP contribution in [0.1, 0.15) is 19.8 Å². The summed E-state index contributed by atoms with van der Waals surface area (Å²) in [6.45, 7) is 0.308. The molecule has 4 N–H and O–H groups in total. The molecule has 0 aromatic heterocycles. The van der Waals surface area contributed by atoms with E-state index in [2.05, 4.69) is 5.32 Å². The summed E-state index contributed by atoms with van der Waals surface area (Å²) in [5.74, 6) is -1.96. The minimum Gasteiger partial charge on any atom is -0.338 e. The molecule has 0 aromatic carbocycles. The van der Waals surface area contributed by atoms with E-state index in [-0.39, 0.29) is 25.9 Å². The summed E-state index contributed by atoms with van der Waals surface area (Å²) in [6.07, 6.45) is -4.37. The Balaban J connectivity index is 2.21. The molecule has 4 amide bonds. The lowest BCUT2D eigenvalue weighted by molar-refractivity contribution is -0.194. The van der Waals surface area contributed by atoms with Crippen molar-refractivity contribution >= 4 is 17.8 Å². The molecular formula is C11H15F3N4O3. The van der Waals surface area contributed by atoms with Crippen LogP contribution in [0.5, 0.6) is 0 Å². The van der Waals surface area contributed by atoms with Crippen molar-refractivity contribution in [2.45, 2.75) is 37.0 Å². The average Bonchev–Trinajstić information content (AvgIpc) is 2.61. The number of nitrogens with zero attached hydrogens (tertiary/aromatic N) is 1. The summed E-state index contributed by atoms with van der Waals surface area (Å²) >= 11 is 0. The van der Waals surface area contributed by atoms with Crippen molar-refractivity contribution in [2.24, 2.45) is 5.73 Å². The molecule has 10 heteroatoms. The van der Waals surface area contributed by atoms with Gasteiger partial charge in [0.15, 0.2) is 5.54 Å². The SMILES string of the molecule is CC(N)(C(=O)N1CCCC2(C1)NC(=O)NC2=O)C(F)(F)F. The number of carbonyl (C=O) groups is 3. The van der Waals surface area contributed by atoms with E-state index < -0.39 is 35.1 Å². The number of imide groups is 1. The van der Waals surface area contributed by atoms with Crippen LogP contribution in [-0.2, 0) is 9.59 Å². The first-order valence-electron chi connectivity index (χ1n) is 6.28. The van der Waals surface area contributed by atoms with E-state index in [1.807, 2.05) is 5.32 Å². The van der Waals surface area contributed by atoms with Crippen LogP contribution < -0.4 is 16.4 Å². The number of alkyl halides is 3. The highest BCUT2D eigenvalue weighted by Gasteiger charge is 2.57. The third-order valence-electron chi connectivity index (χ3n) is 3.83. The molecule has 2 heterocycles. The Morgan fingerprint density at radius 2 is 2.00 bits per heavy atom. The van der Waals surface area contributed by atoms with Crippen molar-refractivity contribution in [3.8, 4) is 0 Å². The third-order valence-corrected chi connectivity index (χ3v) is 3.83. The van der Waals surface area contributed by atoms with Gasteiger partial charge in [0.2, 0.25) is 0 Å². The molecule has 2 unspecified atom stereocenters. The van der Waals surface area contributed by atoms with Gasteiger partial charge in [0.1, 0.15) is 5.54 Å². The van der Waals surface area contributed by atoms with Crippen molar-refractivity contribution in [1.29, 1.82) is 0 Å². The Bertz CT molecular complexity index is 505. The van der Waals surface area contributed by atoms with Crippen LogP contribution in [0.15, 0.2) is 0 Å². The molecule has 2 atom stereocenters. The van der Waals surface area contributed by atoms with Gasteiger partial charge in [0.25, 0.3) is 11.8 Å². The number of piperidine rings is 1.